The van der Waals surface area contributed by atoms with Crippen molar-refractivity contribution in [1.82, 2.24) is 29.8 Å². The molecule has 0 fully saturated rings. The number of carboxylic acids is 1. The number of halogens is 1. The molecule has 0 heterocycles. The number of rotatable bonds is 38. The lowest BCUT2D eigenvalue weighted by Crippen LogP contribution is -2.42. The van der Waals surface area contributed by atoms with Gasteiger partial charge < -0.3 is 94.7 Å². The molecule has 0 aromatic heterocycles. The standard InChI is InChI=1S/C19H25NO3.C17H23NO2.C16H21NO2.C10H15NO.C10H17O4P.C9H15NO2.C7H10O2.C6H7ClO.C6H15N.C3H9O3P.C3H8O.CH4/c1-6-7-11-14(2)19(22)20(5)15(3)18(23-16(4)21)17-12-9-8-10-13-17;1-5-6-10-13(2)17(20)18(4)14(3)16(19)15-11-8-7-9-12-15;1-4-5-7-12-15(18)17(3)13(2)16(19)14-10-8-6-9-11-14;1-8(11-2)10(12)9-6-4-3-5-7-9;1-3-4-5-9(2)10(13)6-15(14,7-11)8-12;1-4-5-6-8(2)9(12)10(3)7-11;1-3-4-5-6(2)7(8)9;1-2-3-4-5-6(7)8;1-4-7(5-2)6-3;1-7(6,2-4)3-5;1-2-3-4;/h8-10,12-15,18H,11H2,1-5H3;7-9,11-14,16,19H,10H2,1-4H3;6,8-11,13,16,19H,7,12H2,1-3H3;3-8,10-12H,1-2H3;9,11-12H,5-8H2,1-2H3;8,11H,6-7H2,1-3H3;6H,5H2,1-2H3,(H,8,9);4-5H2,1H3;4-6H2,1-3H3;4-5H,2-3H2,1H3;4H,2-3H2,1H3;1H4/t14-,15-,18+;13-,14-,16+;13-,16+;8-,10+;9-;8-;6-;;;;;/m0000000...../s1. The zero-order chi connectivity index (χ0) is 106. The lowest BCUT2D eigenvalue weighted by atomic mass is 10.00. The van der Waals surface area contributed by atoms with Crippen LogP contribution in [-0.4, -0.2) is 253 Å². The van der Waals surface area contributed by atoms with Gasteiger partial charge in [-0.3, -0.25) is 38.4 Å². The van der Waals surface area contributed by atoms with Crippen molar-refractivity contribution >= 4 is 72.5 Å². The predicted octanol–water partition coefficient (Wildman–Crippen LogP) is 15.7. The molecule has 4 amide bonds. The lowest BCUT2D eigenvalue weighted by Gasteiger charge is -2.33. The van der Waals surface area contributed by atoms with E-state index in [-0.39, 0.29) is 115 Å². The Bertz CT molecular complexity index is 4450. The van der Waals surface area contributed by atoms with Gasteiger partial charge in [0.25, 0.3) is 0 Å². The summed E-state index contributed by atoms with van der Waals surface area (Å²) in [6.45, 7) is 43.4. The Hall–Kier alpha value is -9.73. The molecule has 13 atom stereocenters. The van der Waals surface area contributed by atoms with Crippen molar-refractivity contribution < 1.29 is 103 Å². The first-order valence-corrected chi connectivity index (χ1v) is 50.7. The SMILES string of the molecule is C.CC#CCCC(=O)Cl.CC#CCCC(=O)N(C)[C@@H](C)[C@@H](O)c1ccccc1.CC#CC[C@H](C)C(=O)CP(=O)(CO)CO.CC#CC[C@H](C)C(=O)N(C)CO.CC#CC[C@H](C)C(=O)N(C)[C@@H](C)[C@@H](O)c1ccccc1.CC#CC[C@H](C)C(=O)N(C)[C@@H](C)[C@@H](OC(C)=O)c1ccccc1.CC#CC[C@H](C)C(=O)O.CCCO.CCN(CC)CC.CN[C@@H](C)[C@@H](O)c1ccccc1.CP(=O)(CO)CO. The average molecular weight is 1970 g/mol. The third kappa shape index (κ3) is 72.3. The molecular formula is C107H169ClN6O21P2. The van der Waals surface area contributed by atoms with Crippen molar-refractivity contribution in [2.24, 2.45) is 29.6 Å². The van der Waals surface area contributed by atoms with Crippen molar-refractivity contribution in [3.8, 4) is 82.9 Å². The molecule has 0 bridgehead atoms. The van der Waals surface area contributed by atoms with Gasteiger partial charge in [-0.1, -0.05) is 191 Å². The lowest BCUT2D eigenvalue weighted by molar-refractivity contribution is -0.154. The number of aliphatic carboxylic acids is 1. The van der Waals surface area contributed by atoms with Crippen molar-refractivity contribution in [1.29, 1.82) is 0 Å². The van der Waals surface area contributed by atoms with E-state index in [1.165, 1.54) is 38.1 Å². The van der Waals surface area contributed by atoms with E-state index >= 15 is 0 Å². The number of hydrogen-bond donors (Lipinski definition) is 11. The Balaban J connectivity index is -0.000000229. The minimum atomic E-state index is -3.11. The predicted molar refractivity (Wildman–Crippen MR) is 557 cm³/mol. The second-order valence-corrected chi connectivity index (χ2v) is 38.1. The number of esters is 1. The molecule has 770 valence electrons. The molecule has 27 nitrogen and oxygen atoms in total. The maximum Gasteiger partial charge on any atom is 0.307 e. The second-order valence-electron chi connectivity index (χ2n) is 31.5. The number of carbonyl (C=O) groups is 8. The minimum Gasteiger partial charge on any atom is -0.481 e. The number of nitrogens with zero attached hydrogens (tertiary/aromatic N) is 5. The smallest absolute Gasteiger partial charge is 0.307 e. The quantitative estimate of drug-likeness (QED) is 0.00653. The first-order chi connectivity index (χ1) is 64.1. The number of ketones is 1. The monoisotopic (exact) mass is 1970 g/mol. The molecule has 11 N–H and O–H groups in total. The van der Waals surface area contributed by atoms with Crippen molar-refractivity contribution in [3.05, 3.63) is 144 Å². The number of likely N-dealkylation sites (N-methyl/N-ethyl adjacent to an activating group) is 4. The third-order valence-corrected chi connectivity index (χ3v) is 23.5. The average Bonchev–Trinajstić information content (AvgIpc) is 0.831. The van der Waals surface area contributed by atoms with Crippen LogP contribution in [0.1, 0.15) is 264 Å². The van der Waals surface area contributed by atoms with Gasteiger partial charge in [-0.25, -0.2) is 0 Å². The maximum atomic E-state index is 12.5. The summed E-state index contributed by atoms with van der Waals surface area (Å²) in [7, 11) is 2.95. The number of carbonyl (C=O) groups excluding carboxylic acids is 7. The number of benzene rings is 4. The van der Waals surface area contributed by atoms with Crippen molar-refractivity contribution in [2.75, 3.05) is 106 Å². The van der Waals surface area contributed by atoms with Gasteiger partial charge >= 0.3 is 11.9 Å². The number of nitrogens with one attached hydrogen (secondary N) is 1. The highest BCUT2D eigenvalue weighted by Gasteiger charge is 2.32. The van der Waals surface area contributed by atoms with Crippen LogP contribution in [0.25, 0.3) is 0 Å². The molecule has 30 heteroatoms. The van der Waals surface area contributed by atoms with Crippen LogP contribution in [0.4, 0.5) is 0 Å². The van der Waals surface area contributed by atoms with Crippen LogP contribution < -0.4 is 5.32 Å². The Morgan fingerprint density at radius 2 is 0.745 bits per heavy atom. The largest absolute Gasteiger partial charge is 0.481 e. The van der Waals surface area contributed by atoms with Crippen molar-refractivity contribution in [2.45, 2.75) is 266 Å². The number of aliphatic hydroxyl groups is 9. The van der Waals surface area contributed by atoms with Gasteiger partial charge in [-0.2, -0.15) is 0 Å². The van der Waals surface area contributed by atoms with Crippen LogP contribution in [0, 0.1) is 112 Å². The molecule has 0 aliphatic carbocycles. The molecular weight excluding hydrogens is 1800 g/mol. The summed E-state index contributed by atoms with van der Waals surface area (Å²) >= 11 is 5.01. The fourth-order valence-electron chi connectivity index (χ4n) is 10.4. The molecule has 0 saturated heterocycles. The summed E-state index contributed by atoms with van der Waals surface area (Å²) in [6.07, 6.45) is 0.715. The summed E-state index contributed by atoms with van der Waals surface area (Å²) < 4.78 is 27.5. The van der Waals surface area contributed by atoms with E-state index in [1.807, 2.05) is 177 Å². The van der Waals surface area contributed by atoms with E-state index in [4.69, 9.17) is 52.1 Å². The highest BCUT2D eigenvalue weighted by molar-refractivity contribution is 7.64. The maximum absolute atomic E-state index is 12.5. The fourth-order valence-corrected chi connectivity index (χ4v) is 11.8. The Morgan fingerprint density at radius 3 is 1.02 bits per heavy atom. The summed E-state index contributed by atoms with van der Waals surface area (Å²) in [4.78, 5) is 99.7. The zero-order valence-electron chi connectivity index (χ0n) is 86.2. The first-order valence-electron chi connectivity index (χ1n) is 45.5. The summed E-state index contributed by atoms with van der Waals surface area (Å²) in [6, 6.07) is 37.2. The number of aliphatic hydroxyl groups excluding tert-OH is 9. The summed E-state index contributed by atoms with van der Waals surface area (Å²) in [5.74, 6) is 36.3. The van der Waals surface area contributed by atoms with Gasteiger partial charge in [0.05, 0.1) is 73.9 Å². The van der Waals surface area contributed by atoms with Crippen LogP contribution in [0.2, 0.25) is 0 Å². The summed E-state index contributed by atoms with van der Waals surface area (Å²) in [5.41, 5.74) is 3.47. The topological polar surface area (TPSA) is 410 Å². The molecule has 0 radical (unpaired) electrons. The number of carboxylic acid groups (broad SMARTS) is 1. The van der Waals surface area contributed by atoms with Gasteiger partial charge in [0.15, 0.2) is 0 Å². The van der Waals surface area contributed by atoms with Crippen LogP contribution >= 0.6 is 25.9 Å². The molecule has 4 aromatic carbocycles. The Morgan fingerprint density at radius 1 is 0.438 bits per heavy atom. The normalized spacial score (nSPS) is 12.6. The fraction of sp³-hybridized carbons (Fsp3) is 0.570. The Kier molecular flexibility index (Phi) is 93.8. The van der Waals surface area contributed by atoms with E-state index in [0.29, 0.717) is 64.4 Å². The first kappa shape index (κ1) is 143. The van der Waals surface area contributed by atoms with Gasteiger partial charge in [0.2, 0.25) is 28.9 Å². The molecule has 0 saturated carbocycles. The van der Waals surface area contributed by atoms with Crippen molar-refractivity contribution in [3.63, 3.8) is 0 Å². The molecule has 4 aromatic rings. The van der Waals surface area contributed by atoms with Gasteiger partial charge in [-0.05, 0) is 150 Å². The van der Waals surface area contributed by atoms with Gasteiger partial charge in [0, 0.05) is 129 Å². The molecule has 0 aliphatic heterocycles. The summed E-state index contributed by atoms with van der Waals surface area (Å²) in [5, 5.41) is 91.8. The number of amides is 4. The van der Waals surface area contributed by atoms with Gasteiger partial charge in [-0.15, -0.1) is 82.9 Å². The second kappa shape index (κ2) is 90.1. The van der Waals surface area contributed by atoms with E-state index in [2.05, 4.69) is 114 Å². The number of hydrogen-bond acceptors (Lipinski definition) is 22. The molecule has 0 unspecified atom stereocenters. The van der Waals surface area contributed by atoms with Crippen LogP contribution in [-0.2, 0) is 52.2 Å². The molecule has 137 heavy (non-hydrogen) atoms. The van der Waals surface area contributed by atoms with Crippen LogP contribution in [0.5, 0.6) is 0 Å². The Labute approximate surface area is 829 Å². The number of ether oxygens (including phenoxy) is 1. The minimum absolute atomic E-state index is 0. The molecule has 4 rings (SSSR count). The van der Waals surface area contributed by atoms with Crippen LogP contribution in [0.3, 0.4) is 0 Å². The molecule has 0 spiro atoms. The highest BCUT2D eigenvalue weighted by Crippen LogP contribution is 2.43. The van der Waals surface area contributed by atoms with E-state index in [0.717, 1.165) is 28.7 Å². The zero-order valence-corrected chi connectivity index (χ0v) is 88.7. The van der Waals surface area contributed by atoms with E-state index in [1.54, 1.807) is 112 Å². The van der Waals surface area contributed by atoms with Gasteiger partial charge in [0.1, 0.15) is 32.9 Å². The van der Waals surface area contributed by atoms with E-state index < -0.39 is 70.1 Å². The van der Waals surface area contributed by atoms with Crippen LogP contribution in [0.15, 0.2) is 121 Å². The third-order valence-electron chi connectivity index (χ3n) is 20.2. The molecule has 0 aliphatic rings. The highest BCUT2D eigenvalue weighted by atomic mass is 35.5. The van der Waals surface area contributed by atoms with E-state index in [9.17, 15) is 62.8 Å². The number of Topliss-reactive ketones (excluding diaryl/α,β-unsaturated/α-hetero) is 1.